The maximum absolute atomic E-state index is 11.1. The van der Waals surface area contributed by atoms with Crippen LogP contribution in [0.3, 0.4) is 0 Å². The van der Waals surface area contributed by atoms with Crippen LogP contribution in [0.15, 0.2) is 30.5 Å². The summed E-state index contributed by atoms with van der Waals surface area (Å²) < 4.78 is 0. The Morgan fingerprint density at radius 3 is 2.85 bits per heavy atom. The molecule has 1 aromatic carbocycles. The van der Waals surface area contributed by atoms with Crippen LogP contribution in [-0.4, -0.2) is 22.6 Å². The Hall–Kier alpha value is -1.65. The summed E-state index contributed by atoms with van der Waals surface area (Å²) in [7, 11) is 0. The number of carbonyl (C=O) groups is 1. The van der Waals surface area contributed by atoms with E-state index in [0.717, 1.165) is 16.5 Å². The molecule has 0 spiro atoms. The highest BCUT2D eigenvalue weighted by Crippen LogP contribution is 2.24. The van der Waals surface area contributed by atoms with Gasteiger partial charge in [0.05, 0.1) is 10.9 Å². The molecule has 2 N–H and O–H groups in total. The molecule has 0 unspecified atom stereocenters. The van der Waals surface area contributed by atoms with Gasteiger partial charge >= 0.3 is 5.97 Å². The van der Waals surface area contributed by atoms with Gasteiger partial charge in [-0.05, 0) is 37.6 Å². The topological polar surface area (TPSA) is 62.2 Å². The van der Waals surface area contributed by atoms with Gasteiger partial charge in [0, 0.05) is 29.7 Å². The highest BCUT2D eigenvalue weighted by molar-refractivity contribution is 6.35. The number of benzene rings is 1. The fourth-order valence-electron chi connectivity index (χ4n) is 1.92. The van der Waals surface area contributed by atoms with Crippen molar-refractivity contribution in [1.29, 1.82) is 0 Å². The van der Waals surface area contributed by atoms with Crippen molar-refractivity contribution < 1.29 is 9.90 Å². The third-order valence-corrected chi connectivity index (χ3v) is 3.59. The summed E-state index contributed by atoms with van der Waals surface area (Å²) >= 11 is 6.14. The molecule has 0 saturated carbocycles. The third kappa shape index (κ3) is 3.08. The van der Waals surface area contributed by atoms with E-state index in [-0.39, 0.29) is 0 Å². The number of hydrogen-bond acceptors (Lipinski definition) is 3. The highest BCUT2D eigenvalue weighted by Gasteiger charge is 2.26. The number of nitrogens with one attached hydrogen (secondary N) is 1. The molecule has 0 aliphatic carbocycles. The van der Waals surface area contributed by atoms with Gasteiger partial charge in [0.1, 0.15) is 0 Å². The average molecular weight is 293 g/mol. The molecule has 1 heterocycles. The molecule has 0 aliphatic heterocycles. The first-order valence-electron chi connectivity index (χ1n) is 6.38. The van der Waals surface area contributed by atoms with Gasteiger partial charge < -0.3 is 10.4 Å². The number of nitrogens with zero attached hydrogens (tertiary/aromatic N) is 1. The number of hydrogen-bond donors (Lipinski definition) is 2. The fraction of sp³-hybridized carbons (Fsp3) is 0.333. The maximum Gasteiger partial charge on any atom is 0.310 e. The van der Waals surface area contributed by atoms with Crippen molar-refractivity contribution in [2.24, 2.45) is 5.41 Å². The quantitative estimate of drug-likeness (QED) is 0.889. The van der Waals surface area contributed by atoms with E-state index >= 15 is 0 Å². The molecule has 0 radical (unpaired) electrons. The molecule has 0 atom stereocenters. The smallest absolute Gasteiger partial charge is 0.310 e. The van der Waals surface area contributed by atoms with Gasteiger partial charge in [0.15, 0.2) is 0 Å². The van der Waals surface area contributed by atoms with Crippen LogP contribution in [0.1, 0.15) is 19.4 Å². The van der Waals surface area contributed by atoms with Gasteiger partial charge in [-0.2, -0.15) is 0 Å². The fourth-order valence-corrected chi connectivity index (χ4v) is 2.14. The zero-order chi connectivity index (χ0) is 14.8. The van der Waals surface area contributed by atoms with E-state index in [2.05, 4.69) is 10.3 Å². The molecule has 0 bridgehead atoms. The average Bonchev–Trinajstić information content (AvgIpc) is 2.41. The largest absolute Gasteiger partial charge is 0.481 e. The van der Waals surface area contributed by atoms with E-state index in [1.165, 1.54) is 0 Å². The molecular formula is C15H17ClN2O2. The van der Waals surface area contributed by atoms with Crippen molar-refractivity contribution in [3.8, 4) is 0 Å². The number of carboxylic acid groups (broad SMARTS) is 1. The Kier molecular flexibility index (Phi) is 4.26. The third-order valence-electron chi connectivity index (χ3n) is 3.26. The summed E-state index contributed by atoms with van der Waals surface area (Å²) in [5.41, 5.74) is 1.06. The molecule has 4 nitrogen and oxygen atoms in total. The summed E-state index contributed by atoms with van der Waals surface area (Å²) in [4.78, 5) is 15.4. The standard InChI is InChI=1S/C15H17ClN2O2/c1-15(2,14(19)20)9-17-8-10-5-6-12(16)11-4-3-7-18-13(10)11/h3-7,17H,8-9H2,1-2H3,(H,19,20). The molecule has 1 aromatic heterocycles. The minimum atomic E-state index is -0.816. The first kappa shape index (κ1) is 14.8. The first-order valence-corrected chi connectivity index (χ1v) is 6.76. The van der Waals surface area contributed by atoms with Crippen LogP contribution in [0.25, 0.3) is 10.9 Å². The molecule has 0 fully saturated rings. The van der Waals surface area contributed by atoms with E-state index in [9.17, 15) is 4.79 Å². The lowest BCUT2D eigenvalue weighted by Gasteiger charge is -2.19. The van der Waals surface area contributed by atoms with Gasteiger partial charge in [0.25, 0.3) is 0 Å². The van der Waals surface area contributed by atoms with Crippen LogP contribution in [0.5, 0.6) is 0 Å². The molecule has 2 rings (SSSR count). The van der Waals surface area contributed by atoms with Gasteiger partial charge in [-0.1, -0.05) is 17.7 Å². The summed E-state index contributed by atoms with van der Waals surface area (Å²) in [6.07, 6.45) is 1.73. The Morgan fingerprint density at radius 1 is 1.40 bits per heavy atom. The van der Waals surface area contributed by atoms with E-state index in [0.29, 0.717) is 18.1 Å². The second kappa shape index (κ2) is 5.77. The number of rotatable bonds is 5. The second-order valence-corrected chi connectivity index (χ2v) is 5.81. The van der Waals surface area contributed by atoms with E-state index < -0.39 is 11.4 Å². The van der Waals surface area contributed by atoms with Gasteiger partial charge in [-0.3, -0.25) is 9.78 Å². The second-order valence-electron chi connectivity index (χ2n) is 5.40. The van der Waals surface area contributed by atoms with E-state index in [1.54, 1.807) is 20.0 Å². The molecule has 5 heteroatoms. The minimum Gasteiger partial charge on any atom is -0.481 e. The van der Waals surface area contributed by atoms with Gasteiger partial charge in [-0.25, -0.2) is 0 Å². The number of aromatic nitrogens is 1. The van der Waals surface area contributed by atoms with Crippen LogP contribution in [0, 0.1) is 5.41 Å². The molecular weight excluding hydrogens is 276 g/mol. The van der Waals surface area contributed by atoms with Crippen molar-refractivity contribution in [1.82, 2.24) is 10.3 Å². The highest BCUT2D eigenvalue weighted by atomic mass is 35.5. The maximum atomic E-state index is 11.1. The van der Waals surface area contributed by atoms with Crippen molar-refractivity contribution in [3.05, 3.63) is 41.0 Å². The predicted molar refractivity (Wildman–Crippen MR) is 79.9 cm³/mol. The monoisotopic (exact) mass is 292 g/mol. The normalized spacial score (nSPS) is 11.8. The summed E-state index contributed by atoms with van der Waals surface area (Å²) in [5.74, 6) is -0.816. The Bertz CT molecular complexity index is 641. The van der Waals surface area contributed by atoms with Crippen molar-refractivity contribution in [2.45, 2.75) is 20.4 Å². The molecule has 106 valence electrons. The SMILES string of the molecule is CC(C)(CNCc1ccc(Cl)c2cccnc12)C(=O)O. The van der Waals surface area contributed by atoms with Crippen LogP contribution in [0.2, 0.25) is 5.02 Å². The summed E-state index contributed by atoms with van der Waals surface area (Å²) in [6, 6.07) is 7.53. The number of fused-ring (bicyclic) bond motifs is 1. The molecule has 2 aromatic rings. The first-order chi connectivity index (χ1) is 9.42. The zero-order valence-electron chi connectivity index (χ0n) is 11.5. The molecule has 0 amide bonds. The molecule has 0 saturated heterocycles. The minimum absolute atomic E-state index is 0.388. The zero-order valence-corrected chi connectivity index (χ0v) is 12.2. The summed E-state index contributed by atoms with van der Waals surface area (Å²) in [6.45, 7) is 4.34. The van der Waals surface area contributed by atoms with Crippen LogP contribution >= 0.6 is 11.6 Å². The molecule has 20 heavy (non-hydrogen) atoms. The van der Waals surface area contributed by atoms with Gasteiger partial charge in [0.2, 0.25) is 0 Å². The van der Waals surface area contributed by atoms with Gasteiger partial charge in [-0.15, -0.1) is 0 Å². The number of carboxylic acids is 1. The van der Waals surface area contributed by atoms with Crippen LogP contribution in [0.4, 0.5) is 0 Å². The lowest BCUT2D eigenvalue weighted by Crippen LogP contribution is -2.35. The Morgan fingerprint density at radius 2 is 2.15 bits per heavy atom. The van der Waals surface area contributed by atoms with Crippen LogP contribution in [-0.2, 0) is 11.3 Å². The van der Waals surface area contributed by atoms with Crippen molar-refractivity contribution in [2.75, 3.05) is 6.54 Å². The lowest BCUT2D eigenvalue weighted by atomic mass is 9.94. The molecule has 0 aliphatic rings. The number of pyridine rings is 1. The van der Waals surface area contributed by atoms with Crippen molar-refractivity contribution in [3.63, 3.8) is 0 Å². The lowest BCUT2D eigenvalue weighted by molar-refractivity contribution is -0.146. The number of halogens is 1. The Balaban J connectivity index is 2.15. The van der Waals surface area contributed by atoms with E-state index in [4.69, 9.17) is 16.7 Å². The van der Waals surface area contributed by atoms with Crippen LogP contribution < -0.4 is 5.32 Å². The Labute approximate surface area is 122 Å². The predicted octanol–water partition coefficient (Wildman–Crippen LogP) is 3.09. The van der Waals surface area contributed by atoms with E-state index in [1.807, 2.05) is 24.3 Å². The van der Waals surface area contributed by atoms with Crippen molar-refractivity contribution >= 4 is 28.5 Å². The summed E-state index contributed by atoms with van der Waals surface area (Å²) in [5, 5.41) is 13.8. The number of aliphatic carboxylic acids is 1.